The molecule has 134 valence electrons. The first-order valence-corrected chi connectivity index (χ1v) is 7.69. The summed E-state index contributed by atoms with van der Waals surface area (Å²) in [6.07, 6.45) is 3.74. The third kappa shape index (κ3) is 2.20. The fourth-order valence-corrected chi connectivity index (χ4v) is 2.95. The standard InChI is InChI=1S/C17H15N3O6/c1-8-19-17-18-6-9(7-20(17)26-8)12(21)11-13(22)16(24-3)15-10(4-5-25-15)14(11)23-2/h4-7,17,22H,1-3H3. The Morgan fingerprint density at radius 2 is 2.08 bits per heavy atom. The molecule has 1 aromatic carbocycles. The zero-order valence-corrected chi connectivity index (χ0v) is 14.2. The van der Waals surface area contributed by atoms with Crippen molar-refractivity contribution >= 4 is 28.9 Å². The molecule has 0 spiro atoms. The van der Waals surface area contributed by atoms with E-state index in [0.717, 1.165) is 0 Å². The molecule has 0 radical (unpaired) electrons. The van der Waals surface area contributed by atoms with Crippen LogP contribution in [0.5, 0.6) is 17.2 Å². The van der Waals surface area contributed by atoms with Gasteiger partial charge in [0.2, 0.25) is 17.4 Å². The van der Waals surface area contributed by atoms with Gasteiger partial charge in [-0.15, -0.1) is 0 Å². The lowest BCUT2D eigenvalue weighted by atomic mass is 9.99. The highest BCUT2D eigenvalue weighted by molar-refractivity contribution is 6.25. The lowest BCUT2D eigenvalue weighted by molar-refractivity contribution is -0.0317. The van der Waals surface area contributed by atoms with Crippen molar-refractivity contribution in [3.8, 4) is 17.2 Å². The molecule has 1 aromatic heterocycles. The first-order chi connectivity index (χ1) is 12.5. The van der Waals surface area contributed by atoms with Crippen LogP contribution in [0.2, 0.25) is 0 Å². The Hall–Kier alpha value is -3.49. The average molecular weight is 357 g/mol. The zero-order valence-electron chi connectivity index (χ0n) is 14.2. The number of carbonyl (C=O) groups is 1. The second-order valence-corrected chi connectivity index (χ2v) is 5.59. The number of methoxy groups -OCH3 is 2. The quantitative estimate of drug-likeness (QED) is 0.837. The van der Waals surface area contributed by atoms with Gasteiger partial charge in [0.1, 0.15) is 11.3 Å². The lowest BCUT2D eigenvalue weighted by Crippen LogP contribution is -2.27. The first kappa shape index (κ1) is 16.0. The van der Waals surface area contributed by atoms with Gasteiger partial charge in [-0.1, -0.05) is 0 Å². The molecule has 2 aliphatic rings. The number of nitrogens with zero attached hydrogens (tertiary/aromatic N) is 3. The number of aliphatic imine (C=N–C) groups is 2. The van der Waals surface area contributed by atoms with Crippen LogP contribution < -0.4 is 9.47 Å². The number of furan rings is 1. The minimum Gasteiger partial charge on any atom is -0.504 e. The lowest BCUT2D eigenvalue weighted by Gasteiger charge is -2.21. The summed E-state index contributed by atoms with van der Waals surface area (Å²) < 4.78 is 15.9. The van der Waals surface area contributed by atoms with Crippen LogP contribution in [-0.2, 0) is 4.84 Å². The molecule has 1 N–H and O–H groups in total. The van der Waals surface area contributed by atoms with E-state index < -0.39 is 12.1 Å². The highest BCUT2D eigenvalue weighted by Gasteiger charge is 2.32. The number of aromatic hydroxyl groups is 1. The van der Waals surface area contributed by atoms with E-state index in [4.69, 9.17) is 18.7 Å². The van der Waals surface area contributed by atoms with E-state index in [9.17, 15) is 9.90 Å². The summed E-state index contributed by atoms with van der Waals surface area (Å²) in [7, 11) is 2.78. The Balaban J connectivity index is 1.84. The molecule has 0 fully saturated rings. The maximum atomic E-state index is 13.1. The fraction of sp³-hybridized carbons (Fsp3) is 0.235. The molecule has 0 bridgehead atoms. The molecule has 0 saturated heterocycles. The van der Waals surface area contributed by atoms with E-state index in [1.165, 1.54) is 38.0 Å². The van der Waals surface area contributed by atoms with Crippen molar-refractivity contribution in [3.63, 3.8) is 0 Å². The summed E-state index contributed by atoms with van der Waals surface area (Å²) >= 11 is 0. The van der Waals surface area contributed by atoms with Crippen LogP contribution in [0.3, 0.4) is 0 Å². The largest absolute Gasteiger partial charge is 0.504 e. The molecule has 2 aliphatic heterocycles. The van der Waals surface area contributed by atoms with E-state index in [0.29, 0.717) is 11.3 Å². The molecule has 9 heteroatoms. The van der Waals surface area contributed by atoms with Gasteiger partial charge in [-0.25, -0.2) is 9.98 Å². The molecule has 0 saturated carbocycles. The van der Waals surface area contributed by atoms with Gasteiger partial charge < -0.3 is 23.8 Å². The number of hydroxylamine groups is 2. The summed E-state index contributed by atoms with van der Waals surface area (Å²) in [4.78, 5) is 26.8. The predicted molar refractivity (Wildman–Crippen MR) is 91.7 cm³/mol. The van der Waals surface area contributed by atoms with Crippen molar-refractivity contribution in [1.82, 2.24) is 5.06 Å². The SMILES string of the molecule is COc1c(C(=O)C2=CN3OC(C)=NC3N=C2)c(O)c(OC)c2occc12. The minimum atomic E-state index is -0.548. The van der Waals surface area contributed by atoms with Gasteiger partial charge in [0, 0.05) is 13.1 Å². The Morgan fingerprint density at radius 3 is 2.81 bits per heavy atom. The van der Waals surface area contributed by atoms with Crippen molar-refractivity contribution < 1.29 is 28.6 Å². The Bertz CT molecular complexity index is 1000. The number of ketones is 1. The highest BCUT2D eigenvalue weighted by atomic mass is 16.7. The molecular weight excluding hydrogens is 342 g/mol. The number of phenols is 1. The van der Waals surface area contributed by atoms with Gasteiger partial charge in [-0.2, -0.15) is 5.06 Å². The molecule has 0 aliphatic carbocycles. The number of benzene rings is 1. The summed E-state index contributed by atoms with van der Waals surface area (Å²) in [5.74, 6) is -0.196. The second kappa shape index (κ2) is 5.80. The van der Waals surface area contributed by atoms with Crippen molar-refractivity contribution in [1.29, 1.82) is 0 Å². The van der Waals surface area contributed by atoms with Gasteiger partial charge >= 0.3 is 0 Å². The molecule has 1 unspecified atom stereocenters. The summed E-state index contributed by atoms with van der Waals surface area (Å²) in [5.41, 5.74) is 0.438. The summed E-state index contributed by atoms with van der Waals surface area (Å²) in [5, 5.41) is 12.5. The van der Waals surface area contributed by atoms with Gasteiger partial charge in [-0.3, -0.25) is 4.79 Å². The topological polar surface area (TPSA) is 106 Å². The predicted octanol–water partition coefficient (Wildman–Crippen LogP) is 2.26. The van der Waals surface area contributed by atoms with Gasteiger partial charge in [0.25, 0.3) is 6.29 Å². The van der Waals surface area contributed by atoms with Gasteiger partial charge in [-0.05, 0) is 6.07 Å². The van der Waals surface area contributed by atoms with Crippen molar-refractivity contribution in [2.24, 2.45) is 9.98 Å². The molecule has 4 rings (SSSR count). The van der Waals surface area contributed by atoms with Crippen LogP contribution >= 0.6 is 0 Å². The van der Waals surface area contributed by atoms with E-state index in [1.54, 1.807) is 13.0 Å². The number of hydrogen-bond donors (Lipinski definition) is 1. The van der Waals surface area contributed by atoms with Crippen molar-refractivity contribution in [3.05, 3.63) is 29.7 Å². The van der Waals surface area contributed by atoms with E-state index in [-0.39, 0.29) is 34.0 Å². The van der Waals surface area contributed by atoms with E-state index in [1.807, 2.05) is 0 Å². The molecule has 1 atom stereocenters. The third-order valence-corrected chi connectivity index (χ3v) is 4.07. The number of allylic oxidation sites excluding steroid dienone is 1. The first-order valence-electron chi connectivity index (χ1n) is 7.69. The maximum Gasteiger partial charge on any atom is 0.251 e. The van der Waals surface area contributed by atoms with Crippen LogP contribution in [0.25, 0.3) is 11.0 Å². The fourth-order valence-electron chi connectivity index (χ4n) is 2.95. The maximum absolute atomic E-state index is 13.1. The highest BCUT2D eigenvalue weighted by Crippen LogP contribution is 2.46. The number of ether oxygens (including phenoxy) is 2. The minimum absolute atomic E-state index is 0.0498. The van der Waals surface area contributed by atoms with Crippen LogP contribution in [0.1, 0.15) is 17.3 Å². The number of carbonyl (C=O) groups excluding carboxylic acids is 1. The average Bonchev–Trinajstić information content (AvgIpc) is 3.24. The third-order valence-electron chi connectivity index (χ3n) is 4.07. The molecule has 2 aromatic rings. The smallest absolute Gasteiger partial charge is 0.251 e. The normalized spacial score (nSPS) is 18.3. The Morgan fingerprint density at radius 1 is 1.31 bits per heavy atom. The zero-order chi connectivity index (χ0) is 18.4. The Labute approximate surface area is 147 Å². The summed E-state index contributed by atoms with van der Waals surface area (Å²) in [6.45, 7) is 1.69. The van der Waals surface area contributed by atoms with Crippen LogP contribution in [0, 0.1) is 0 Å². The van der Waals surface area contributed by atoms with Crippen LogP contribution in [0.4, 0.5) is 0 Å². The van der Waals surface area contributed by atoms with Gasteiger partial charge in [0.15, 0.2) is 11.3 Å². The number of hydrogen-bond acceptors (Lipinski definition) is 9. The van der Waals surface area contributed by atoms with E-state index in [2.05, 4.69) is 9.98 Å². The summed E-state index contributed by atoms with van der Waals surface area (Å²) in [6, 6.07) is 1.63. The van der Waals surface area contributed by atoms with Gasteiger partial charge in [0.05, 0.1) is 37.6 Å². The molecule has 26 heavy (non-hydrogen) atoms. The van der Waals surface area contributed by atoms with Crippen molar-refractivity contribution in [2.75, 3.05) is 14.2 Å². The molecule has 0 amide bonds. The Kier molecular flexibility index (Phi) is 3.57. The number of phenolic OH excluding ortho intramolecular Hbond substituents is 1. The second-order valence-electron chi connectivity index (χ2n) is 5.59. The van der Waals surface area contributed by atoms with Crippen LogP contribution in [-0.4, -0.2) is 48.6 Å². The molecule has 9 nitrogen and oxygen atoms in total. The van der Waals surface area contributed by atoms with Crippen LogP contribution in [0.15, 0.2) is 38.5 Å². The van der Waals surface area contributed by atoms with E-state index >= 15 is 0 Å². The number of Topliss-reactive ketones (excluding diaryl/α,β-unsaturated/α-hetero) is 1. The molecular formula is C17H15N3O6. The number of fused-ring (bicyclic) bond motifs is 2. The monoisotopic (exact) mass is 357 g/mol. The number of rotatable bonds is 4. The molecule has 3 heterocycles. The van der Waals surface area contributed by atoms with Crippen molar-refractivity contribution in [2.45, 2.75) is 13.2 Å².